The summed E-state index contributed by atoms with van der Waals surface area (Å²) >= 11 is 4.04. The number of carbonyl (C=O) groups is 1. The van der Waals surface area contributed by atoms with Crippen molar-refractivity contribution in [3.8, 4) is 11.5 Å². The van der Waals surface area contributed by atoms with E-state index in [9.17, 15) is 25.1 Å². The summed E-state index contributed by atoms with van der Waals surface area (Å²) in [4.78, 5) is 22.0. The molecule has 0 aliphatic heterocycles. The molecular weight excluding hydrogens is 544 g/mol. The van der Waals surface area contributed by atoms with Gasteiger partial charge in [0.2, 0.25) is 0 Å². The predicted molar refractivity (Wildman–Crippen MR) is 103 cm³/mol. The van der Waals surface area contributed by atoms with E-state index >= 15 is 0 Å². The Morgan fingerprint density at radius 3 is 2.62 bits per heavy atom. The lowest BCUT2D eigenvalue weighted by atomic mass is 10.1. The molecule has 0 bridgehead atoms. The molecule has 2 aromatic rings. The van der Waals surface area contributed by atoms with Crippen LogP contribution < -0.4 is 5.43 Å². The van der Waals surface area contributed by atoms with E-state index in [0.29, 0.717) is 9.13 Å². The first-order valence-electron chi connectivity index (χ1n) is 6.28. The zero-order valence-corrected chi connectivity index (χ0v) is 16.0. The Morgan fingerprint density at radius 2 is 1.96 bits per heavy atom. The number of rotatable bonds is 4. The van der Waals surface area contributed by atoms with Gasteiger partial charge in [0.1, 0.15) is 11.5 Å². The summed E-state index contributed by atoms with van der Waals surface area (Å²) in [5.74, 6) is -1.19. The highest BCUT2D eigenvalue weighted by molar-refractivity contribution is 14.1. The van der Waals surface area contributed by atoms with Gasteiger partial charge in [-0.15, -0.1) is 0 Å². The fourth-order valence-corrected chi connectivity index (χ4v) is 3.61. The number of hydrogen-bond donors (Lipinski definition) is 3. The molecule has 0 unspecified atom stereocenters. The molecule has 0 fully saturated rings. The van der Waals surface area contributed by atoms with E-state index in [0.717, 1.165) is 21.8 Å². The number of benzene rings is 2. The number of hydrazone groups is 1. The number of aromatic hydroxyl groups is 2. The highest BCUT2D eigenvalue weighted by atomic mass is 127. The number of non-ortho nitro benzene ring substituents is 1. The normalized spacial score (nSPS) is 10.8. The summed E-state index contributed by atoms with van der Waals surface area (Å²) in [5.41, 5.74) is 1.95. The zero-order valence-electron chi connectivity index (χ0n) is 11.7. The van der Waals surface area contributed by atoms with E-state index < -0.39 is 16.6 Å². The van der Waals surface area contributed by atoms with Gasteiger partial charge in [0.15, 0.2) is 0 Å². The average molecular weight is 553 g/mol. The molecule has 0 radical (unpaired) electrons. The van der Waals surface area contributed by atoms with Crippen LogP contribution in [0.25, 0.3) is 0 Å². The Bertz CT molecular complexity index is 855. The van der Waals surface area contributed by atoms with E-state index in [1.165, 1.54) is 6.21 Å². The molecule has 0 aliphatic carbocycles. The number of phenolic OH excluding ortho intramolecular Hbond substituents is 2. The number of nitro benzene ring substituents is 1. The van der Waals surface area contributed by atoms with Crippen LogP contribution in [0.3, 0.4) is 0 Å². The van der Waals surface area contributed by atoms with Gasteiger partial charge >= 0.3 is 0 Å². The molecule has 0 spiro atoms. The number of carbonyl (C=O) groups excluding carboxylic acids is 1. The summed E-state index contributed by atoms with van der Waals surface area (Å²) in [5, 5.41) is 34.0. The lowest BCUT2D eigenvalue weighted by Gasteiger charge is -2.04. The van der Waals surface area contributed by atoms with Gasteiger partial charge in [-0.1, -0.05) is 0 Å². The minimum absolute atomic E-state index is 0.0206. The number of nitrogens with zero attached hydrogens (tertiary/aromatic N) is 2. The average Bonchev–Trinajstić information content (AvgIpc) is 2.51. The summed E-state index contributed by atoms with van der Waals surface area (Å²) in [6, 6.07) is 6.53. The van der Waals surface area contributed by atoms with Crippen LogP contribution in [-0.2, 0) is 0 Å². The van der Waals surface area contributed by atoms with Gasteiger partial charge in [-0.3, -0.25) is 14.9 Å². The highest BCUT2D eigenvalue weighted by Crippen LogP contribution is 2.26. The van der Waals surface area contributed by atoms with Crippen LogP contribution in [0, 0.1) is 17.3 Å². The van der Waals surface area contributed by atoms with E-state index in [1.807, 2.05) is 22.6 Å². The van der Waals surface area contributed by atoms with Gasteiger partial charge in [0.05, 0.1) is 20.3 Å². The summed E-state index contributed by atoms with van der Waals surface area (Å²) in [7, 11) is 0. The van der Waals surface area contributed by atoms with Crippen LogP contribution in [0.15, 0.2) is 35.4 Å². The number of hydrogen-bond acceptors (Lipinski definition) is 6. The molecule has 2 rings (SSSR count). The molecule has 10 heteroatoms. The second-order valence-electron chi connectivity index (χ2n) is 4.48. The molecule has 124 valence electrons. The van der Waals surface area contributed by atoms with E-state index in [2.05, 4.69) is 33.1 Å². The lowest BCUT2D eigenvalue weighted by Crippen LogP contribution is -2.18. The van der Waals surface area contributed by atoms with E-state index in [-0.39, 0.29) is 17.0 Å². The molecular formula is C14H9I2N3O5. The Kier molecular flexibility index (Phi) is 5.93. The number of halogens is 2. The topological polar surface area (TPSA) is 125 Å². The van der Waals surface area contributed by atoms with Gasteiger partial charge < -0.3 is 10.2 Å². The number of phenols is 2. The maximum Gasteiger partial charge on any atom is 0.275 e. The first kappa shape index (κ1) is 18.4. The molecule has 0 aromatic heterocycles. The van der Waals surface area contributed by atoms with Gasteiger partial charge in [0.25, 0.3) is 11.6 Å². The monoisotopic (exact) mass is 553 g/mol. The summed E-state index contributed by atoms with van der Waals surface area (Å²) in [6.07, 6.45) is 1.24. The van der Waals surface area contributed by atoms with Gasteiger partial charge in [-0.05, 0) is 63.4 Å². The quantitative estimate of drug-likeness (QED) is 0.233. The van der Waals surface area contributed by atoms with Crippen molar-refractivity contribution in [1.29, 1.82) is 0 Å². The second kappa shape index (κ2) is 7.74. The maximum atomic E-state index is 12.0. The first-order chi connectivity index (χ1) is 11.3. The number of nitro groups is 1. The van der Waals surface area contributed by atoms with Gasteiger partial charge in [0, 0.05) is 21.3 Å². The van der Waals surface area contributed by atoms with Crippen LogP contribution in [0.4, 0.5) is 5.69 Å². The predicted octanol–water partition coefficient (Wildman–Crippen LogP) is 2.98. The molecule has 0 saturated heterocycles. The molecule has 0 saturated carbocycles. The SMILES string of the molecule is O=C(N/N=C/c1cc(I)cc(I)c1O)c1cc([N+](=O)[O-])ccc1O. The highest BCUT2D eigenvalue weighted by Gasteiger charge is 2.16. The van der Waals surface area contributed by atoms with Crippen LogP contribution in [-0.4, -0.2) is 27.3 Å². The van der Waals surface area contributed by atoms with Crippen molar-refractivity contribution in [2.24, 2.45) is 5.10 Å². The first-order valence-corrected chi connectivity index (χ1v) is 8.44. The van der Waals surface area contributed by atoms with Crippen molar-refractivity contribution in [2.75, 3.05) is 0 Å². The summed E-state index contributed by atoms with van der Waals surface area (Å²) in [6.45, 7) is 0. The van der Waals surface area contributed by atoms with Crippen LogP contribution in [0.5, 0.6) is 11.5 Å². The van der Waals surface area contributed by atoms with Crippen molar-refractivity contribution in [3.05, 3.63) is 58.7 Å². The maximum absolute atomic E-state index is 12.0. The third-order valence-electron chi connectivity index (χ3n) is 2.86. The fourth-order valence-electron chi connectivity index (χ4n) is 1.72. The Balaban J connectivity index is 2.19. The number of amides is 1. The van der Waals surface area contributed by atoms with E-state index in [4.69, 9.17) is 0 Å². The number of nitrogens with one attached hydrogen (secondary N) is 1. The molecule has 3 N–H and O–H groups in total. The van der Waals surface area contributed by atoms with Crippen molar-refractivity contribution >= 4 is 63.0 Å². The van der Waals surface area contributed by atoms with Crippen LogP contribution in [0.2, 0.25) is 0 Å². The molecule has 0 heterocycles. The lowest BCUT2D eigenvalue weighted by molar-refractivity contribution is -0.384. The van der Waals surface area contributed by atoms with Crippen LogP contribution in [0.1, 0.15) is 15.9 Å². The Morgan fingerprint density at radius 1 is 1.25 bits per heavy atom. The Labute approximate surface area is 163 Å². The third-order valence-corrected chi connectivity index (χ3v) is 4.31. The standard InChI is InChI=1S/C14H9I2N3O5/c15-8-3-7(13(21)11(16)4-8)6-17-18-14(22)10-5-9(19(23)24)1-2-12(10)20/h1-6,20-21H,(H,18,22)/b17-6+. The Hall–Kier alpha value is -1.96. The van der Waals surface area contributed by atoms with Gasteiger partial charge in [-0.25, -0.2) is 5.43 Å². The molecule has 8 nitrogen and oxygen atoms in total. The van der Waals surface area contributed by atoms with Gasteiger partial charge in [-0.2, -0.15) is 5.10 Å². The molecule has 24 heavy (non-hydrogen) atoms. The van der Waals surface area contributed by atoms with Crippen molar-refractivity contribution in [1.82, 2.24) is 5.43 Å². The van der Waals surface area contributed by atoms with E-state index in [1.54, 1.807) is 12.1 Å². The smallest absolute Gasteiger partial charge is 0.275 e. The van der Waals surface area contributed by atoms with Crippen molar-refractivity contribution in [2.45, 2.75) is 0 Å². The zero-order chi connectivity index (χ0) is 17.9. The molecule has 0 aliphatic rings. The fraction of sp³-hybridized carbons (Fsp3) is 0. The van der Waals surface area contributed by atoms with Crippen LogP contribution >= 0.6 is 45.2 Å². The van der Waals surface area contributed by atoms with Crippen molar-refractivity contribution < 1.29 is 19.9 Å². The third kappa shape index (κ3) is 4.31. The molecule has 0 atom stereocenters. The summed E-state index contributed by atoms with van der Waals surface area (Å²) < 4.78 is 1.50. The minimum atomic E-state index is -0.813. The molecule has 1 amide bonds. The minimum Gasteiger partial charge on any atom is -0.507 e. The second-order valence-corrected chi connectivity index (χ2v) is 6.89. The molecule has 2 aromatic carbocycles. The largest absolute Gasteiger partial charge is 0.507 e. The van der Waals surface area contributed by atoms with Crippen molar-refractivity contribution in [3.63, 3.8) is 0 Å².